The zero-order valence-corrected chi connectivity index (χ0v) is 12.8. The van der Waals surface area contributed by atoms with E-state index in [1.165, 1.54) is 0 Å². The zero-order valence-electron chi connectivity index (χ0n) is 12.8. The van der Waals surface area contributed by atoms with Gasteiger partial charge in [-0.3, -0.25) is 4.57 Å². The first-order valence-electron chi connectivity index (χ1n) is 7.33. The third-order valence-electron chi connectivity index (χ3n) is 3.42. The molecule has 0 spiro atoms. The van der Waals surface area contributed by atoms with Gasteiger partial charge in [0.1, 0.15) is 23.9 Å². The zero-order chi connectivity index (χ0) is 16.1. The van der Waals surface area contributed by atoms with Crippen LogP contribution >= 0.6 is 0 Å². The first kappa shape index (κ1) is 15.1. The Morgan fingerprint density at radius 3 is 2.70 bits per heavy atom. The lowest BCUT2D eigenvalue weighted by Crippen LogP contribution is -2.04. The summed E-state index contributed by atoms with van der Waals surface area (Å²) in [5, 5.41) is 9.43. The minimum absolute atomic E-state index is 0.236. The SMILES string of the molecule is COCCOc1cccc(-n2ccnc2-c2ccc(O)cc2)c1. The maximum absolute atomic E-state index is 9.43. The molecule has 0 aliphatic carbocycles. The summed E-state index contributed by atoms with van der Waals surface area (Å²) in [6.45, 7) is 1.06. The van der Waals surface area contributed by atoms with E-state index in [1.54, 1.807) is 25.4 Å². The van der Waals surface area contributed by atoms with Crippen LogP contribution in [0.15, 0.2) is 60.9 Å². The molecule has 0 fully saturated rings. The quantitative estimate of drug-likeness (QED) is 0.710. The highest BCUT2D eigenvalue weighted by Gasteiger charge is 2.08. The Kier molecular flexibility index (Phi) is 4.59. The van der Waals surface area contributed by atoms with Crippen molar-refractivity contribution in [2.45, 2.75) is 0 Å². The molecule has 1 aromatic heterocycles. The van der Waals surface area contributed by atoms with E-state index in [9.17, 15) is 5.11 Å². The summed E-state index contributed by atoms with van der Waals surface area (Å²) in [6, 6.07) is 14.8. The molecular formula is C18H18N2O3. The second kappa shape index (κ2) is 6.98. The summed E-state index contributed by atoms with van der Waals surface area (Å²) in [7, 11) is 1.65. The molecule has 1 heterocycles. The first-order chi connectivity index (χ1) is 11.3. The third-order valence-corrected chi connectivity index (χ3v) is 3.42. The molecule has 118 valence electrons. The van der Waals surface area contributed by atoms with Crippen LogP contribution in [0.3, 0.4) is 0 Å². The van der Waals surface area contributed by atoms with Gasteiger partial charge in [0.2, 0.25) is 0 Å². The number of hydrogen-bond donors (Lipinski definition) is 1. The third kappa shape index (κ3) is 3.52. The Balaban J connectivity index is 1.89. The van der Waals surface area contributed by atoms with Gasteiger partial charge >= 0.3 is 0 Å². The number of methoxy groups -OCH3 is 1. The number of nitrogens with zero attached hydrogens (tertiary/aromatic N) is 2. The fraction of sp³-hybridized carbons (Fsp3) is 0.167. The molecule has 3 aromatic rings. The lowest BCUT2D eigenvalue weighted by molar-refractivity contribution is 0.146. The summed E-state index contributed by atoms with van der Waals surface area (Å²) in [4.78, 5) is 4.42. The Bertz CT molecular complexity index is 766. The minimum atomic E-state index is 0.236. The predicted molar refractivity (Wildman–Crippen MR) is 88.0 cm³/mol. The van der Waals surface area contributed by atoms with E-state index in [0.29, 0.717) is 13.2 Å². The van der Waals surface area contributed by atoms with Crippen LogP contribution in [0.1, 0.15) is 0 Å². The molecular weight excluding hydrogens is 292 g/mol. The maximum Gasteiger partial charge on any atom is 0.144 e. The molecule has 0 aliphatic rings. The molecule has 0 atom stereocenters. The van der Waals surface area contributed by atoms with Gasteiger partial charge in [-0.2, -0.15) is 0 Å². The highest BCUT2D eigenvalue weighted by molar-refractivity contribution is 5.60. The molecule has 5 nitrogen and oxygen atoms in total. The van der Waals surface area contributed by atoms with Gasteiger partial charge in [0.25, 0.3) is 0 Å². The van der Waals surface area contributed by atoms with Crippen molar-refractivity contribution < 1.29 is 14.6 Å². The number of benzene rings is 2. The van der Waals surface area contributed by atoms with Crippen LogP contribution in [0.25, 0.3) is 17.1 Å². The molecule has 5 heteroatoms. The highest BCUT2D eigenvalue weighted by Crippen LogP contribution is 2.25. The van der Waals surface area contributed by atoms with Crippen LogP contribution in [0.2, 0.25) is 0 Å². The Hall–Kier alpha value is -2.79. The number of aromatic nitrogens is 2. The topological polar surface area (TPSA) is 56.5 Å². The molecule has 0 amide bonds. The molecule has 3 rings (SSSR count). The van der Waals surface area contributed by atoms with Crippen molar-refractivity contribution in [3.8, 4) is 28.6 Å². The summed E-state index contributed by atoms with van der Waals surface area (Å²) in [5.41, 5.74) is 1.89. The van der Waals surface area contributed by atoms with Crippen molar-refractivity contribution in [2.75, 3.05) is 20.3 Å². The molecule has 0 bridgehead atoms. The number of phenols is 1. The second-order valence-corrected chi connectivity index (χ2v) is 5.01. The van der Waals surface area contributed by atoms with Crippen LogP contribution in [0, 0.1) is 0 Å². The summed E-state index contributed by atoms with van der Waals surface area (Å²) in [5.74, 6) is 1.82. The second-order valence-electron chi connectivity index (χ2n) is 5.01. The molecule has 0 radical (unpaired) electrons. The van der Waals surface area contributed by atoms with Crippen LogP contribution in [0.5, 0.6) is 11.5 Å². The molecule has 0 saturated carbocycles. The van der Waals surface area contributed by atoms with Crippen LogP contribution < -0.4 is 4.74 Å². The van der Waals surface area contributed by atoms with Crippen molar-refractivity contribution in [2.24, 2.45) is 0 Å². The van der Waals surface area contributed by atoms with Gasteiger partial charge in [0.05, 0.1) is 12.3 Å². The van der Waals surface area contributed by atoms with Crippen molar-refractivity contribution >= 4 is 0 Å². The Labute approximate surface area is 134 Å². The summed E-state index contributed by atoms with van der Waals surface area (Å²) >= 11 is 0. The lowest BCUT2D eigenvalue weighted by Gasteiger charge is -2.11. The van der Waals surface area contributed by atoms with Gasteiger partial charge in [-0.05, 0) is 36.4 Å². The van der Waals surface area contributed by atoms with Gasteiger partial charge in [0.15, 0.2) is 0 Å². The standard InChI is InChI=1S/C18H18N2O3/c1-22-11-12-23-17-4-2-3-15(13-17)20-10-9-19-18(20)14-5-7-16(21)8-6-14/h2-10,13,21H,11-12H2,1H3. The molecule has 0 saturated heterocycles. The van der Waals surface area contributed by atoms with Crippen molar-refractivity contribution in [3.05, 3.63) is 60.9 Å². The lowest BCUT2D eigenvalue weighted by atomic mass is 10.2. The van der Waals surface area contributed by atoms with Gasteiger partial charge in [-0.25, -0.2) is 4.98 Å². The summed E-state index contributed by atoms with van der Waals surface area (Å²) < 4.78 is 12.6. The first-order valence-corrected chi connectivity index (χ1v) is 7.33. The van der Waals surface area contributed by atoms with Gasteiger partial charge in [-0.15, -0.1) is 0 Å². The fourth-order valence-electron chi connectivity index (χ4n) is 2.30. The number of aromatic hydroxyl groups is 1. The predicted octanol–water partition coefficient (Wildman–Crippen LogP) is 3.27. The highest BCUT2D eigenvalue weighted by atomic mass is 16.5. The van der Waals surface area contributed by atoms with Gasteiger partial charge in [0, 0.05) is 31.1 Å². The van der Waals surface area contributed by atoms with Gasteiger partial charge in [-0.1, -0.05) is 6.07 Å². The molecule has 2 aromatic carbocycles. The molecule has 23 heavy (non-hydrogen) atoms. The number of hydrogen-bond acceptors (Lipinski definition) is 4. The van der Waals surface area contributed by atoms with Crippen LogP contribution in [0.4, 0.5) is 0 Å². The molecule has 0 unspecified atom stereocenters. The number of imidazole rings is 1. The molecule has 1 N–H and O–H groups in total. The van der Waals surface area contributed by atoms with Crippen molar-refractivity contribution in [1.82, 2.24) is 9.55 Å². The fourth-order valence-corrected chi connectivity index (χ4v) is 2.30. The average molecular weight is 310 g/mol. The van der Waals surface area contributed by atoms with E-state index in [1.807, 2.05) is 47.2 Å². The smallest absolute Gasteiger partial charge is 0.144 e. The Morgan fingerprint density at radius 2 is 1.91 bits per heavy atom. The van der Waals surface area contributed by atoms with E-state index >= 15 is 0 Å². The number of rotatable bonds is 6. The van der Waals surface area contributed by atoms with E-state index in [0.717, 1.165) is 22.8 Å². The minimum Gasteiger partial charge on any atom is -0.508 e. The monoisotopic (exact) mass is 310 g/mol. The van der Waals surface area contributed by atoms with Crippen molar-refractivity contribution in [1.29, 1.82) is 0 Å². The number of phenolic OH excluding ortho intramolecular Hbond substituents is 1. The number of ether oxygens (including phenoxy) is 2. The van der Waals surface area contributed by atoms with E-state index in [4.69, 9.17) is 9.47 Å². The Morgan fingerprint density at radius 1 is 1.09 bits per heavy atom. The summed E-state index contributed by atoms with van der Waals surface area (Å²) in [6.07, 6.45) is 3.65. The van der Waals surface area contributed by atoms with Crippen molar-refractivity contribution in [3.63, 3.8) is 0 Å². The van der Waals surface area contributed by atoms with E-state index in [-0.39, 0.29) is 5.75 Å². The molecule has 0 aliphatic heterocycles. The maximum atomic E-state index is 9.43. The van der Waals surface area contributed by atoms with Gasteiger partial charge < -0.3 is 14.6 Å². The van der Waals surface area contributed by atoms with Crippen LogP contribution in [-0.4, -0.2) is 35.0 Å². The largest absolute Gasteiger partial charge is 0.508 e. The van der Waals surface area contributed by atoms with E-state index < -0.39 is 0 Å². The van der Waals surface area contributed by atoms with Crippen LogP contribution in [-0.2, 0) is 4.74 Å². The normalized spacial score (nSPS) is 10.7. The average Bonchev–Trinajstić information content (AvgIpc) is 3.06. The van der Waals surface area contributed by atoms with E-state index in [2.05, 4.69) is 4.98 Å².